The largest absolute Gasteiger partial charge is 0.462 e. The molecule has 0 rings (SSSR count). The maximum atomic E-state index is 12.8. The van der Waals surface area contributed by atoms with Gasteiger partial charge in [0.1, 0.15) is 13.2 Å². The molecular formula is C61H102O6. The van der Waals surface area contributed by atoms with E-state index in [0.717, 1.165) is 135 Å². The summed E-state index contributed by atoms with van der Waals surface area (Å²) in [4.78, 5) is 38.1. The Labute approximate surface area is 413 Å². The summed E-state index contributed by atoms with van der Waals surface area (Å²) in [6, 6.07) is 0. The van der Waals surface area contributed by atoms with Gasteiger partial charge in [0.2, 0.25) is 0 Å². The average Bonchev–Trinajstić information content (AvgIpc) is 3.33. The second-order valence-electron chi connectivity index (χ2n) is 18.1. The minimum Gasteiger partial charge on any atom is -0.462 e. The number of ether oxygens (including phenoxy) is 3. The number of esters is 3. The summed E-state index contributed by atoms with van der Waals surface area (Å²) in [6.45, 7) is 6.44. The predicted molar refractivity (Wildman–Crippen MR) is 288 cm³/mol. The highest BCUT2D eigenvalue weighted by Crippen LogP contribution is 2.14. The monoisotopic (exact) mass is 931 g/mol. The molecule has 0 bridgehead atoms. The lowest BCUT2D eigenvalue weighted by Gasteiger charge is -2.18. The Morgan fingerprint density at radius 3 is 0.910 bits per heavy atom. The Bertz CT molecular complexity index is 1350. The molecule has 0 saturated carbocycles. The fourth-order valence-electron chi connectivity index (χ4n) is 7.37. The third kappa shape index (κ3) is 53.2. The molecule has 6 heteroatoms. The number of unbranched alkanes of at least 4 members (excludes halogenated alkanes) is 22. The lowest BCUT2D eigenvalue weighted by molar-refractivity contribution is -0.167. The van der Waals surface area contributed by atoms with Gasteiger partial charge in [0.05, 0.1) is 0 Å². The smallest absolute Gasteiger partial charge is 0.306 e. The van der Waals surface area contributed by atoms with Crippen LogP contribution in [0.5, 0.6) is 0 Å². The average molecular weight is 931 g/mol. The third-order valence-corrected chi connectivity index (χ3v) is 11.5. The van der Waals surface area contributed by atoms with Crippen molar-refractivity contribution in [3.8, 4) is 0 Å². The quantitative estimate of drug-likeness (QED) is 0.0262. The first-order chi connectivity index (χ1) is 33.0. The van der Waals surface area contributed by atoms with Crippen molar-refractivity contribution in [2.24, 2.45) is 0 Å². The summed E-state index contributed by atoms with van der Waals surface area (Å²) in [6.07, 6.45) is 72.4. The van der Waals surface area contributed by atoms with Gasteiger partial charge in [-0.1, -0.05) is 208 Å². The molecule has 1 atom stereocenters. The molecule has 67 heavy (non-hydrogen) atoms. The molecule has 0 saturated heterocycles. The van der Waals surface area contributed by atoms with E-state index in [1.807, 2.05) is 0 Å². The van der Waals surface area contributed by atoms with Crippen LogP contribution in [0.1, 0.15) is 252 Å². The van der Waals surface area contributed by atoms with Crippen molar-refractivity contribution in [2.45, 2.75) is 258 Å². The number of hydrogen-bond acceptors (Lipinski definition) is 6. The zero-order valence-electron chi connectivity index (χ0n) is 43.6. The molecule has 0 spiro atoms. The molecule has 0 aromatic rings. The number of hydrogen-bond donors (Lipinski definition) is 0. The van der Waals surface area contributed by atoms with Gasteiger partial charge in [-0.25, -0.2) is 0 Å². The van der Waals surface area contributed by atoms with E-state index in [0.29, 0.717) is 19.3 Å². The lowest BCUT2D eigenvalue weighted by atomic mass is 10.1. The molecule has 0 heterocycles. The highest BCUT2D eigenvalue weighted by Gasteiger charge is 2.19. The van der Waals surface area contributed by atoms with E-state index in [2.05, 4.69) is 118 Å². The Kier molecular flexibility index (Phi) is 51.9. The van der Waals surface area contributed by atoms with Crippen LogP contribution in [0, 0.1) is 0 Å². The predicted octanol–water partition coefficient (Wildman–Crippen LogP) is 18.5. The summed E-state index contributed by atoms with van der Waals surface area (Å²) < 4.78 is 16.8. The van der Waals surface area contributed by atoms with Gasteiger partial charge in [0, 0.05) is 19.3 Å². The van der Waals surface area contributed by atoms with E-state index < -0.39 is 6.10 Å². The van der Waals surface area contributed by atoms with Crippen molar-refractivity contribution in [1.82, 2.24) is 0 Å². The van der Waals surface area contributed by atoms with Crippen LogP contribution < -0.4 is 0 Å². The summed E-state index contributed by atoms with van der Waals surface area (Å²) in [7, 11) is 0. The van der Waals surface area contributed by atoms with Crippen molar-refractivity contribution < 1.29 is 28.6 Å². The van der Waals surface area contributed by atoms with Crippen molar-refractivity contribution in [1.29, 1.82) is 0 Å². The number of carbonyl (C=O) groups excluding carboxylic acids is 3. The summed E-state index contributed by atoms with van der Waals surface area (Å²) in [5, 5.41) is 0. The number of carbonyl (C=O) groups is 3. The maximum absolute atomic E-state index is 12.8. The number of rotatable bonds is 49. The van der Waals surface area contributed by atoms with Gasteiger partial charge >= 0.3 is 17.9 Å². The summed E-state index contributed by atoms with van der Waals surface area (Å²) >= 11 is 0. The van der Waals surface area contributed by atoms with Crippen molar-refractivity contribution in [3.05, 3.63) is 97.2 Å². The molecule has 0 aliphatic carbocycles. The van der Waals surface area contributed by atoms with Crippen LogP contribution in [0.3, 0.4) is 0 Å². The molecule has 382 valence electrons. The van der Waals surface area contributed by atoms with E-state index in [4.69, 9.17) is 14.2 Å². The van der Waals surface area contributed by atoms with E-state index in [1.165, 1.54) is 77.0 Å². The lowest BCUT2D eigenvalue weighted by Crippen LogP contribution is -2.30. The molecule has 0 aromatic heterocycles. The minimum atomic E-state index is -0.801. The SMILES string of the molecule is CC/C=C\C/C=C\C/C=C\CCCCCCCC(=O)OC[C@H](COC(=O)CCCCCCCCC/C=C\C/C=C\CCCCC)OC(=O)CCCCCC/C=C\C/C=C\C/C=C\CCCCC. The zero-order chi connectivity index (χ0) is 48.6. The molecule has 0 aromatic carbocycles. The summed E-state index contributed by atoms with van der Waals surface area (Å²) in [5.74, 6) is -0.943. The number of allylic oxidation sites excluding steroid dienone is 16. The first-order valence-electron chi connectivity index (χ1n) is 27.7. The topological polar surface area (TPSA) is 78.9 Å². The standard InChI is InChI=1S/C61H102O6/c1-4-7-10-13-16-19-22-25-28-30-33-36-39-42-45-48-51-54-60(63)66-57-58(56-65-59(62)53-50-47-44-41-38-35-32-27-24-21-18-15-12-9-6-3)67-61(64)55-52-49-46-43-40-37-34-31-29-26-23-20-17-14-11-8-5-2/h9,12,16-21,25-29,32,34,37,58H,4-8,10-11,13-15,22-24,30-31,33,35-36,38-57H2,1-3H3/b12-9-,19-16-,20-17-,21-18-,28-25-,29-26-,32-27-,37-34-/t58-/m1/s1. The van der Waals surface area contributed by atoms with Gasteiger partial charge in [-0.2, -0.15) is 0 Å². The maximum Gasteiger partial charge on any atom is 0.306 e. The molecular weight excluding hydrogens is 829 g/mol. The Morgan fingerprint density at radius 2 is 0.582 bits per heavy atom. The van der Waals surface area contributed by atoms with E-state index in [1.54, 1.807) is 0 Å². The van der Waals surface area contributed by atoms with Crippen LogP contribution in [0.25, 0.3) is 0 Å². The molecule has 0 aliphatic heterocycles. The Morgan fingerprint density at radius 1 is 0.313 bits per heavy atom. The zero-order valence-corrected chi connectivity index (χ0v) is 43.6. The molecule has 6 nitrogen and oxygen atoms in total. The Hall–Kier alpha value is -3.67. The van der Waals surface area contributed by atoms with Gasteiger partial charge < -0.3 is 14.2 Å². The van der Waals surface area contributed by atoms with E-state index >= 15 is 0 Å². The van der Waals surface area contributed by atoms with Crippen LogP contribution in [0.4, 0.5) is 0 Å². The van der Waals surface area contributed by atoms with E-state index in [-0.39, 0.29) is 31.1 Å². The first kappa shape index (κ1) is 63.3. The van der Waals surface area contributed by atoms with Gasteiger partial charge in [-0.05, 0) is 122 Å². The molecule has 0 amide bonds. The summed E-state index contributed by atoms with van der Waals surface area (Å²) in [5.41, 5.74) is 0. The van der Waals surface area contributed by atoms with Crippen molar-refractivity contribution >= 4 is 17.9 Å². The van der Waals surface area contributed by atoms with Gasteiger partial charge in [-0.3, -0.25) is 14.4 Å². The molecule has 0 radical (unpaired) electrons. The third-order valence-electron chi connectivity index (χ3n) is 11.5. The van der Waals surface area contributed by atoms with Crippen LogP contribution in [-0.2, 0) is 28.6 Å². The van der Waals surface area contributed by atoms with Crippen molar-refractivity contribution in [2.75, 3.05) is 13.2 Å². The fourth-order valence-corrected chi connectivity index (χ4v) is 7.37. The van der Waals surface area contributed by atoms with Gasteiger partial charge in [-0.15, -0.1) is 0 Å². The van der Waals surface area contributed by atoms with Crippen LogP contribution in [-0.4, -0.2) is 37.2 Å². The molecule has 0 fully saturated rings. The second kappa shape index (κ2) is 54.9. The van der Waals surface area contributed by atoms with Crippen molar-refractivity contribution in [3.63, 3.8) is 0 Å². The second-order valence-corrected chi connectivity index (χ2v) is 18.1. The molecule has 0 unspecified atom stereocenters. The van der Waals surface area contributed by atoms with Crippen LogP contribution >= 0.6 is 0 Å². The fraction of sp³-hybridized carbons (Fsp3) is 0.689. The highest BCUT2D eigenvalue weighted by atomic mass is 16.6. The van der Waals surface area contributed by atoms with Crippen LogP contribution in [0.2, 0.25) is 0 Å². The normalized spacial score (nSPS) is 12.8. The van der Waals surface area contributed by atoms with E-state index in [9.17, 15) is 14.4 Å². The first-order valence-corrected chi connectivity index (χ1v) is 27.7. The molecule has 0 N–H and O–H groups in total. The minimum absolute atomic E-state index is 0.0974. The Balaban J connectivity index is 4.48. The van der Waals surface area contributed by atoms with Crippen LogP contribution in [0.15, 0.2) is 97.2 Å². The van der Waals surface area contributed by atoms with Gasteiger partial charge in [0.25, 0.3) is 0 Å². The highest BCUT2D eigenvalue weighted by molar-refractivity contribution is 5.71. The molecule has 0 aliphatic rings. The van der Waals surface area contributed by atoms with Gasteiger partial charge in [0.15, 0.2) is 6.10 Å².